The molecule has 0 amide bonds. The van der Waals surface area contributed by atoms with Gasteiger partial charge in [0.25, 0.3) is 0 Å². The lowest BCUT2D eigenvalue weighted by Gasteiger charge is -2.27. The molecule has 1 aromatic rings. The lowest BCUT2D eigenvalue weighted by atomic mass is 9.97. The molecule has 112 valence electrons. The van der Waals surface area contributed by atoms with Gasteiger partial charge in [0.15, 0.2) is 0 Å². The van der Waals surface area contributed by atoms with Crippen LogP contribution in [0.4, 0.5) is 5.69 Å². The van der Waals surface area contributed by atoms with E-state index in [0.717, 1.165) is 26.2 Å². The molecule has 0 atom stereocenters. The van der Waals surface area contributed by atoms with Gasteiger partial charge in [-0.05, 0) is 57.1 Å². The van der Waals surface area contributed by atoms with Crippen molar-refractivity contribution in [3.8, 4) is 0 Å². The molecule has 1 aromatic carbocycles. The van der Waals surface area contributed by atoms with Gasteiger partial charge in [0.05, 0.1) is 0 Å². The highest BCUT2D eigenvalue weighted by Gasteiger charge is 2.14. The summed E-state index contributed by atoms with van der Waals surface area (Å²) in [4.78, 5) is 4.86. The molecule has 3 heteroatoms. The fourth-order valence-electron chi connectivity index (χ4n) is 2.90. The molecule has 0 radical (unpaired) electrons. The second-order valence-electron chi connectivity index (χ2n) is 6.05. The van der Waals surface area contributed by atoms with Crippen molar-refractivity contribution in [3.63, 3.8) is 0 Å². The molecule has 0 saturated heterocycles. The van der Waals surface area contributed by atoms with Crippen LogP contribution in [0, 0.1) is 0 Å². The molecule has 1 aliphatic heterocycles. The summed E-state index contributed by atoms with van der Waals surface area (Å²) >= 11 is 0. The smallest absolute Gasteiger partial charge is 0.0375 e. The average Bonchev–Trinajstić information content (AvgIpc) is 2.45. The molecular weight excluding hydrogens is 246 g/mol. The van der Waals surface area contributed by atoms with Gasteiger partial charge in [0.2, 0.25) is 0 Å². The third kappa shape index (κ3) is 4.22. The molecule has 20 heavy (non-hydrogen) atoms. The lowest BCUT2D eigenvalue weighted by molar-refractivity contribution is 0.233. The molecule has 0 aliphatic carbocycles. The predicted octanol–water partition coefficient (Wildman–Crippen LogP) is 2.82. The van der Waals surface area contributed by atoms with Crippen LogP contribution in [0.1, 0.15) is 30.9 Å². The maximum absolute atomic E-state index is 3.53. The molecule has 0 spiro atoms. The first-order chi connectivity index (χ1) is 9.70. The largest absolute Gasteiger partial charge is 0.385 e. The molecule has 1 N–H and O–H groups in total. The number of nitrogens with one attached hydrogen (secondary N) is 1. The van der Waals surface area contributed by atoms with Gasteiger partial charge in [-0.25, -0.2) is 0 Å². The minimum atomic E-state index is 1.09. The topological polar surface area (TPSA) is 18.5 Å². The van der Waals surface area contributed by atoms with Crippen molar-refractivity contribution in [2.24, 2.45) is 0 Å². The highest BCUT2D eigenvalue weighted by atomic mass is 15.2. The molecule has 3 nitrogen and oxygen atoms in total. The van der Waals surface area contributed by atoms with Crippen molar-refractivity contribution >= 4 is 5.69 Å². The number of fused-ring (bicyclic) bond motifs is 1. The Morgan fingerprint density at radius 1 is 1.15 bits per heavy atom. The van der Waals surface area contributed by atoms with Gasteiger partial charge in [-0.2, -0.15) is 0 Å². The quantitative estimate of drug-likeness (QED) is 0.825. The third-order valence-corrected chi connectivity index (χ3v) is 3.99. The normalized spacial score (nSPS) is 14.4. The molecule has 0 unspecified atom stereocenters. The monoisotopic (exact) mass is 275 g/mol. The first kappa shape index (κ1) is 15.3. The molecule has 0 saturated carbocycles. The van der Waals surface area contributed by atoms with E-state index >= 15 is 0 Å². The Bertz CT molecular complexity index is 415. The first-order valence-electron chi connectivity index (χ1n) is 7.92. The zero-order valence-electron chi connectivity index (χ0n) is 13.3. The Morgan fingerprint density at radius 2 is 2.00 bits per heavy atom. The van der Waals surface area contributed by atoms with Crippen LogP contribution in [0.5, 0.6) is 0 Å². The average molecular weight is 275 g/mol. The summed E-state index contributed by atoms with van der Waals surface area (Å²) in [5, 5.41) is 3.53. The van der Waals surface area contributed by atoms with Crippen LogP contribution < -0.4 is 5.32 Å². The predicted molar refractivity (Wildman–Crippen MR) is 87.4 cm³/mol. The standard InChI is InChI=1S/C17H29N3/c1-4-11-20(13-12-19(2)3)14-15-7-5-9-17-16(15)8-6-10-18-17/h5,7,9,18H,4,6,8,10-14H2,1-3H3. The summed E-state index contributed by atoms with van der Waals surface area (Å²) in [6.07, 6.45) is 3.71. The molecule has 0 aromatic heterocycles. The Labute approximate surface area is 124 Å². The summed E-state index contributed by atoms with van der Waals surface area (Å²) in [6, 6.07) is 6.73. The van der Waals surface area contributed by atoms with E-state index in [0.29, 0.717) is 0 Å². The maximum Gasteiger partial charge on any atom is 0.0375 e. The van der Waals surface area contributed by atoms with E-state index in [1.165, 1.54) is 37.1 Å². The van der Waals surface area contributed by atoms with E-state index < -0.39 is 0 Å². The van der Waals surface area contributed by atoms with Crippen molar-refractivity contribution in [3.05, 3.63) is 29.3 Å². The van der Waals surface area contributed by atoms with Crippen molar-refractivity contribution in [1.82, 2.24) is 9.80 Å². The second kappa shape index (κ2) is 7.65. The van der Waals surface area contributed by atoms with Crippen molar-refractivity contribution in [2.45, 2.75) is 32.7 Å². The van der Waals surface area contributed by atoms with Crippen LogP contribution in [0.25, 0.3) is 0 Å². The molecule has 0 fully saturated rings. The van der Waals surface area contributed by atoms with E-state index in [2.05, 4.69) is 54.3 Å². The van der Waals surface area contributed by atoms with Crippen LogP contribution in [0.15, 0.2) is 18.2 Å². The van der Waals surface area contributed by atoms with E-state index in [9.17, 15) is 0 Å². The zero-order chi connectivity index (χ0) is 14.4. The number of likely N-dealkylation sites (N-methyl/N-ethyl adjacent to an activating group) is 1. The van der Waals surface area contributed by atoms with Gasteiger partial charge in [0.1, 0.15) is 0 Å². The third-order valence-electron chi connectivity index (χ3n) is 3.99. The van der Waals surface area contributed by atoms with E-state index in [-0.39, 0.29) is 0 Å². The number of benzene rings is 1. The highest BCUT2D eigenvalue weighted by Crippen LogP contribution is 2.26. The van der Waals surface area contributed by atoms with Crippen molar-refractivity contribution < 1.29 is 0 Å². The van der Waals surface area contributed by atoms with Crippen LogP contribution in [0.2, 0.25) is 0 Å². The molecular formula is C17H29N3. The van der Waals surface area contributed by atoms with Gasteiger partial charge in [-0.3, -0.25) is 4.90 Å². The van der Waals surface area contributed by atoms with Crippen LogP contribution in [-0.4, -0.2) is 50.1 Å². The first-order valence-corrected chi connectivity index (χ1v) is 7.92. The Balaban J connectivity index is 2.05. The SMILES string of the molecule is CCCN(CCN(C)C)Cc1cccc2c1CCCN2. The fourth-order valence-corrected chi connectivity index (χ4v) is 2.90. The van der Waals surface area contributed by atoms with E-state index in [1.54, 1.807) is 5.56 Å². The summed E-state index contributed by atoms with van der Waals surface area (Å²) in [6.45, 7) is 7.95. The number of hydrogen-bond donors (Lipinski definition) is 1. The van der Waals surface area contributed by atoms with Crippen molar-refractivity contribution in [2.75, 3.05) is 45.6 Å². The Hall–Kier alpha value is -1.06. The van der Waals surface area contributed by atoms with Crippen LogP contribution in [0.3, 0.4) is 0 Å². The maximum atomic E-state index is 3.53. The molecule has 1 aliphatic rings. The Morgan fingerprint density at radius 3 is 2.75 bits per heavy atom. The van der Waals surface area contributed by atoms with Gasteiger partial charge in [-0.15, -0.1) is 0 Å². The minimum Gasteiger partial charge on any atom is -0.385 e. The van der Waals surface area contributed by atoms with Gasteiger partial charge >= 0.3 is 0 Å². The van der Waals surface area contributed by atoms with E-state index in [4.69, 9.17) is 0 Å². The number of hydrogen-bond acceptors (Lipinski definition) is 3. The van der Waals surface area contributed by atoms with Crippen molar-refractivity contribution in [1.29, 1.82) is 0 Å². The lowest BCUT2D eigenvalue weighted by Crippen LogP contribution is -2.32. The van der Waals surface area contributed by atoms with Gasteiger partial charge < -0.3 is 10.2 Å². The molecule has 1 heterocycles. The van der Waals surface area contributed by atoms with E-state index in [1.807, 2.05) is 0 Å². The summed E-state index contributed by atoms with van der Waals surface area (Å²) in [5.41, 5.74) is 4.42. The molecule has 2 rings (SSSR count). The fraction of sp³-hybridized carbons (Fsp3) is 0.647. The van der Waals surface area contributed by atoms with Gasteiger partial charge in [-0.1, -0.05) is 19.1 Å². The summed E-state index contributed by atoms with van der Waals surface area (Å²) in [5.74, 6) is 0. The minimum absolute atomic E-state index is 1.09. The Kier molecular flexibility index (Phi) is 5.86. The number of anilines is 1. The van der Waals surface area contributed by atoms with Gasteiger partial charge in [0, 0.05) is 31.9 Å². The molecule has 0 bridgehead atoms. The summed E-state index contributed by atoms with van der Waals surface area (Å²) in [7, 11) is 4.30. The van der Waals surface area contributed by atoms with Crippen LogP contribution in [-0.2, 0) is 13.0 Å². The highest BCUT2D eigenvalue weighted by molar-refractivity contribution is 5.56. The number of rotatable bonds is 7. The summed E-state index contributed by atoms with van der Waals surface area (Å²) < 4.78 is 0. The van der Waals surface area contributed by atoms with Crippen LogP contribution >= 0.6 is 0 Å². The zero-order valence-corrected chi connectivity index (χ0v) is 13.3. The second-order valence-corrected chi connectivity index (χ2v) is 6.05. The number of nitrogens with zero attached hydrogens (tertiary/aromatic N) is 2.